The first kappa shape index (κ1) is 16.6. The van der Waals surface area contributed by atoms with Crippen molar-refractivity contribution < 1.29 is 33.3 Å². The molecule has 0 heterocycles. The van der Waals surface area contributed by atoms with Crippen molar-refractivity contribution in [2.24, 2.45) is 0 Å². The fraction of sp³-hybridized carbons (Fsp3) is 0.333. The molecule has 0 aromatic heterocycles. The molecule has 21 heavy (non-hydrogen) atoms. The Hall–Kier alpha value is -2.42. The number of hydrogen-bond acceptors (Lipinski definition) is 4. The number of nitrogens with one attached hydrogen (secondary N) is 2. The van der Waals surface area contributed by atoms with E-state index >= 15 is 0 Å². The minimum Gasteiger partial charge on any atom is -0.479 e. The number of urea groups is 1. The highest BCUT2D eigenvalue weighted by Gasteiger charge is 2.30. The number of rotatable bonds is 6. The number of aliphatic hydroxyl groups is 1. The summed E-state index contributed by atoms with van der Waals surface area (Å²) in [5.41, 5.74) is -2.17. The molecule has 0 saturated carbocycles. The number of hydrogen-bond donors (Lipinski definition) is 4. The molecule has 116 valence electrons. The lowest BCUT2D eigenvalue weighted by Crippen LogP contribution is -2.47. The number of benzene rings is 1. The zero-order valence-corrected chi connectivity index (χ0v) is 11.0. The van der Waals surface area contributed by atoms with Crippen LogP contribution in [0.5, 0.6) is 5.75 Å². The van der Waals surface area contributed by atoms with Crippen molar-refractivity contribution in [3.8, 4) is 5.75 Å². The second-order valence-electron chi connectivity index (χ2n) is 4.26. The maximum Gasteiger partial charge on any atom is 0.387 e. The van der Waals surface area contributed by atoms with E-state index in [9.17, 15) is 23.5 Å². The number of alkyl halides is 2. The topological polar surface area (TPSA) is 108 Å². The predicted molar refractivity (Wildman–Crippen MR) is 68.4 cm³/mol. The van der Waals surface area contributed by atoms with Gasteiger partial charge in [-0.15, -0.1) is 0 Å². The summed E-state index contributed by atoms with van der Waals surface area (Å²) in [6.45, 7) is -2.61. The van der Waals surface area contributed by atoms with Crippen LogP contribution in [0.1, 0.15) is 6.92 Å². The van der Waals surface area contributed by atoms with Gasteiger partial charge in [0, 0.05) is 0 Å². The average molecular weight is 304 g/mol. The smallest absolute Gasteiger partial charge is 0.387 e. The third-order valence-electron chi connectivity index (χ3n) is 2.41. The molecule has 0 aliphatic rings. The molecule has 0 bridgehead atoms. The summed E-state index contributed by atoms with van der Waals surface area (Å²) in [7, 11) is 0. The van der Waals surface area contributed by atoms with Gasteiger partial charge < -0.3 is 25.6 Å². The monoisotopic (exact) mass is 304 g/mol. The van der Waals surface area contributed by atoms with Crippen molar-refractivity contribution >= 4 is 17.7 Å². The Morgan fingerprint density at radius 3 is 2.57 bits per heavy atom. The van der Waals surface area contributed by atoms with E-state index in [1.165, 1.54) is 24.3 Å². The van der Waals surface area contributed by atoms with E-state index < -0.39 is 30.8 Å². The van der Waals surface area contributed by atoms with Crippen molar-refractivity contribution in [2.45, 2.75) is 19.1 Å². The van der Waals surface area contributed by atoms with E-state index in [1.54, 1.807) is 0 Å². The molecule has 0 radical (unpaired) electrons. The second kappa shape index (κ2) is 6.84. The van der Waals surface area contributed by atoms with Crippen molar-refractivity contribution in [2.75, 3.05) is 11.9 Å². The molecule has 9 heteroatoms. The summed E-state index contributed by atoms with van der Waals surface area (Å²) in [6, 6.07) is 4.61. The second-order valence-corrected chi connectivity index (χ2v) is 4.26. The van der Waals surface area contributed by atoms with Crippen LogP contribution in [-0.2, 0) is 4.79 Å². The number of ether oxygens (including phenoxy) is 1. The maximum absolute atomic E-state index is 12.2. The Morgan fingerprint density at radius 1 is 1.38 bits per heavy atom. The fourth-order valence-corrected chi connectivity index (χ4v) is 1.26. The highest BCUT2D eigenvalue weighted by molar-refractivity contribution is 5.91. The third-order valence-corrected chi connectivity index (χ3v) is 2.41. The van der Waals surface area contributed by atoms with Gasteiger partial charge in [-0.2, -0.15) is 8.78 Å². The van der Waals surface area contributed by atoms with Crippen molar-refractivity contribution in [3.63, 3.8) is 0 Å². The van der Waals surface area contributed by atoms with Crippen LogP contribution in [-0.4, -0.2) is 41.0 Å². The van der Waals surface area contributed by atoms with Gasteiger partial charge in [-0.05, 0) is 19.1 Å². The van der Waals surface area contributed by atoms with Crippen LogP contribution in [0.25, 0.3) is 0 Å². The molecule has 0 saturated heterocycles. The van der Waals surface area contributed by atoms with Crippen LogP contribution < -0.4 is 15.4 Å². The highest BCUT2D eigenvalue weighted by atomic mass is 19.3. The zero-order valence-electron chi connectivity index (χ0n) is 11.0. The summed E-state index contributed by atoms with van der Waals surface area (Å²) < 4.78 is 28.6. The molecule has 1 unspecified atom stereocenters. The Balaban J connectivity index is 2.65. The first-order valence-corrected chi connectivity index (χ1v) is 5.77. The molecular weight excluding hydrogens is 290 g/mol. The molecule has 1 aromatic carbocycles. The van der Waals surface area contributed by atoms with E-state index in [-0.39, 0.29) is 11.4 Å². The van der Waals surface area contributed by atoms with Crippen molar-refractivity contribution in [1.82, 2.24) is 5.32 Å². The SMILES string of the molecule is CC(O)(CNC(=O)Nc1ccccc1OC(F)F)C(=O)O. The number of para-hydroxylation sites is 2. The fourth-order valence-electron chi connectivity index (χ4n) is 1.26. The molecule has 0 fully saturated rings. The molecule has 1 aromatic rings. The van der Waals surface area contributed by atoms with Crippen molar-refractivity contribution in [1.29, 1.82) is 0 Å². The van der Waals surface area contributed by atoms with Gasteiger partial charge in [0.1, 0.15) is 5.75 Å². The number of carboxylic acid groups (broad SMARTS) is 1. The molecule has 7 nitrogen and oxygen atoms in total. The largest absolute Gasteiger partial charge is 0.479 e. The van der Waals surface area contributed by atoms with Gasteiger partial charge >= 0.3 is 18.6 Å². The van der Waals surface area contributed by atoms with Crippen LogP contribution in [0.15, 0.2) is 24.3 Å². The van der Waals surface area contributed by atoms with Gasteiger partial charge in [-0.25, -0.2) is 9.59 Å². The Bertz CT molecular complexity index is 522. The van der Waals surface area contributed by atoms with E-state index in [0.29, 0.717) is 0 Å². The Kier molecular flexibility index (Phi) is 5.42. The van der Waals surface area contributed by atoms with E-state index in [1.807, 2.05) is 0 Å². The van der Waals surface area contributed by atoms with Gasteiger partial charge in [-0.3, -0.25) is 0 Å². The molecule has 1 rings (SSSR count). The van der Waals surface area contributed by atoms with Gasteiger partial charge in [0.15, 0.2) is 5.60 Å². The number of halogens is 2. The number of amides is 2. The van der Waals surface area contributed by atoms with Gasteiger partial charge in [0.05, 0.1) is 12.2 Å². The minimum atomic E-state index is -3.05. The first-order valence-electron chi connectivity index (χ1n) is 5.77. The quantitative estimate of drug-likeness (QED) is 0.632. The van der Waals surface area contributed by atoms with Gasteiger partial charge in [-0.1, -0.05) is 12.1 Å². The molecule has 0 spiro atoms. The average Bonchev–Trinajstić information content (AvgIpc) is 2.38. The van der Waals surface area contributed by atoms with Crippen LogP contribution in [0.2, 0.25) is 0 Å². The summed E-state index contributed by atoms with van der Waals surface area (Å²) in [6.07, 6.45) is 0. The minimum absolute atomic E-state index is 0.0229. The number of aliphatic carboxylic acids is 1. The molecule has 1 atom stereocenters. The maximum atomic E-state index is 12.2. The van der Waals surface area contributed by atoms with E-state index in [4.69, 9.17) is 5.11 Å². The third kappa shape index (κ3) is 5.22. The van der Waals surface area contributed by atoms with E-state index in [0.717, 1.165) is 6.92 Å². The standard InChI is InChI=1S/C12H14F2N2O5/c1-12(20,9(17)18)6-15-11(19)16-7-4-2-3-5-8(7)21-10(13)14/h2-5,10,20H,6H2,1H3,(H,17,18)(H2,15,16,19). The van der Waals surface area contributed by atoms with Crippen LogP contribution >= 0.6 is 0 Å². The molecular formula is C12H14F2N2O5. The normalized spacial score (nSPS) is 13.4. The summed E-state index contributed by atoms with van der Waals surface area (Å²) >= 11 is 0. The number of carbonyl (C=O) groups excluding carboxylic acids is 1. The lowest BCUT2D eigenvalue weighted by atomic mass is 10.1. The van der Waals surface area contributed by atoms with Crippen LogP contribution in [0.4, 0.5) is 19.3 Å². The highest BCUT2D eigenvalue weighted by Crippen LogP contribution is 2.25. The van der Waals surface area contributed by atoms with Crippen LogP contribution in [0.3, 0.4) is 0 Å². The summed E-state index contributed by atoms with van der Waals surface area (Å²) in [5, 5.41) is 22.4. The Morgan fingerprint density at radius 2 is 2.00 bits per heavy atom. The molecule has 4 N–H and O–H groups in total. The predicted octanol–water partition coefficient (Wildman–Crippen LogP) is 1.25. The number of carboxylic acids is 1. The van der Waals surface area contributed by atoms with Crippen LogP contribution in [0, 0.1) is 0 Å². The summed E-state index contributed by atoms with van der Waals surface area (Å²) in [5.74, 6) is -1.75. The summed E-state index contributed by atoms with van der Waals surface area (Å²) in [4.78, 5) is 22.2. The van der Waals surface area contributed by atoms with E-state index in [2.05, 4.69) is 15.4 Å². The Labute approximate surface area is 118 Å². The number of anilines is 1. The van der Waals surface area contributed by atoms with Gasteiger partial charge in [0.25, 0.3) is 0 Å². The zero-order chi connectivity index (χ0) is 16.0. The first-order chi connectivity index (χ1) is 9.72. The lowest BCUT2D eigenvalue weighted by Gasteiger charge is -2.19. The molecule has 2 amide bonds. The van der Waals surface area contributed by atoms with Crippen molar-refractivity contribution in [3.05, 3.63) is 24.3 Å². The number of carbonyl (C=O) groups is 2. The van der Waals surface area contributed by atoms with Gasteiger partial charge in [0.2, 0.25) is 0 Å². The molecule has 0 aliphatic carbocycles. The molecule has 0 aliphatic heterocycles. The lowest BCUT2D eigenvalue weighted by molar-refractivity contribution is -0.155.